The molecule has 0 unspecified atom stereocenters. The molecule has 3 aromatic rings. The molecule has 0 spiro atoms. The molecule has 1 aliphatic heterocycles. The smallest absolute Gasteiger partial charge is 0.419 e. The van der Waals surface area contributed by atoms with Crippen molar-refractivity contribution < 1.29 is 37.0 Å². The van der Waals surface area contributed by atoms with Crippen molar-refractivity contribution in [2.75, 3.05) is 4.90 Å². The Morgan fingerprint density at radius 3 is 2.45 bits per heavy atom. The number of benzene rings is 3. The van der Waals surface area contributed by atoms with Gasteiger partial charge in [0.2, 0.25) is 0 Å². The van der Waals surface area contributed by atoms with E-state index < -0.39 is 29.4 Å². The van der Waals surface area contributed by atoms with Crippen LogP contribution in [0.15, 0.2) is 60.7 Å². The average molecular weight is 459 g/mol. The van der Waals surface area contributed by atoms with Gasteiger partial charge in [0.25, 0.3) is 5.91 Å². The van der Waals surface area contributed by atoms with Crippen LogP contribution in [0.4, 0.5) is 23.2 Å². The molecule has 1 amide bonds. The Morgan fingerprint density at radius 1 is 1.03 bits per heavy atom. The standard InChI is InChI=1S/C24H17F4NO4/c25-20-11-16(7-8-19(20)24(26,27)28)29-12-18-17(23(29)32)5-2-6-21(18)33-13-15-4-1-3-14(9-15)10-22(30)31/h1-9,11H,10,12-13H2,(H,30,31). The van der Waals surface area contributed by atoms with Crippen LogP contribution < -0.4 is 9.64 Å². The lowest BCUT2D eigenvalue weighted by Gasteiger charge is -2.17. The van der Waals surface area contributed by atoms with Crippen molar-refractivity contribution in [3.05, 3.63) is 94.3 Å². The van der Waals surface area contributed by atoms with Crippen LogP contribution in [0.1, 0.15) is 32.6 Å². The predicted octanol–water partition coefficient (Wildman–Crippen LogP) is 5.21. The van der Waals surface area contributed by atoms with E-state index in [1.54, 1.807) is 42.5 Å². The minimum atomic E-state index is -4.83. The number of amides is 1. The predicted molar refractivity (Wildman–Crippen MR) is 110 cm³/mol. The number of carbonyl (C=O) groups excluding carboxylic acids is 1. The first-order chi connectivity index (χ1) is 15.6. The molecule has 0 saturated heterocycles. The highest BCUT2D eigenvalue weighted by atomic mass is 19.4. The highest BCUT2D eigenvalue weighted by Gasteiger charge is 2.36. The van der Waals surface area contributed by atoms with E-state index in [9.17, 15) is 27.2 Å². The molecule has 1 heterocycles. The number of fused-ring (bicyclic) bond motifs is 1. The van der Waals surface area contributed by atoms with Crippen molar-refractivity contribution in [2.45, 2.75) is 25.7 Å². The maximum Gasteiger partial charge on any atom is 0.419 e. The van der Waals surface area contributed by atoms with Crippen molar-refractivity contribution >= 4 is 17.6 Å². The second-order valence-electron chi connectivity index (χ2n) is 7.51. The number of rotatable bonds is 6. The van der Waals surface area contributed by atoms with Crippen molar-refractivity contribution in [3.8, 4) is 5.75 Å². The van der Waals surface area contributed by atoms with Gasteiger partial charge < -0.3 is 14.7 Å². The molecule has 0 saturated carbocycles. The summed E-state index contributed by atoms with van der Waals surface area (Å²) in [6.07, 6.45) is -4.95. The second kappa shape index (κ2) is 8.57. The molecule has 4 rings (SSSR count). The number of carboxylic acids is 1. The summed E-state index contributed by atoms with van der Waals surface area (Å²) in [6.45, 7) is 0.126. The molecule has 170 valence electrons. The van der Waals surface area contributed by atoms with E-state index >= 15 is 0 Å². The number of ether oxygens (including phenoxy) is 1. The van der Waals surface area contributed by atoms with E-state index in [1.807, 2.05) is 0 Å². The summed E-state index contributed by atoms with van der Waals surface area (Å²) in [5, 5.41) is 8.94. The third kappa shape index (κ3) is 4.67. The number of alkyl halides is 3. The number of hydrogen-bond acceptors (Lipinski definition) is 3. The molecule has 0 aliphatic carbocycles. The van der Waals surface area contributed by atoms with E-state index in [4.69, 9.17) is 9.84 Å². The van der Waals surface area contributed by atoms with E-state index in [-0.39, 0.29) is 25.3 Å². The first-order valence-electron chi connectivity index (χ1n) is 9.86. The molecule has 1 N–H and O–H groups in total. The fourth-order valence-corrected chi connectivity index (χ4v) is 3.72. The van der Waals surface area contributed by atoms with Crippen LogP contribution in [0.25, 0.3) is 0 Å². The lowest BCUT2D eigenvalue weighted by Crippen LogP contribution is -2.23. The first-order valence-corrected chi connectivity index (χ1v) is 9.86. The summed E-state index contributed by atoms with van der Waals surface area (Å²) in [5.41, 5.74) is 0.806. The Bertz CT molecular complexity index is 1240. The number of anilines is 1. The number of aliphatic carboxylic acids is 1. The summed E-state index contributed by atoms with van der Waals surface area (Å²) in [4.78, 5) is 24.9. The van der Waals surface area contributed by atoms with E-state index in [2.05, 4.69) is 0 Å². The molecule has 0 fully saturated rings. The number of hydrogen-bond donors (Lipinski definition) is 1. The van der Waals surface area contributed by atoms with Gasteiger partial charge >= 0.3 is 12.1 Å². The molecule has 0 bridgehead atoms. The third-order valence-electron chi connectivity index (χ3n) is 5.24. The van der Waals surface area contributed by atoms with Gasteiger partial charge in [-0.3, -0.25) is 9.59 Å². The molecule has 3 aromatic carbocycles. The van der Waals surface area contributed by atoms with Gasteiger partial charge in [0.1, 0.15) is 18.2 Å². The molecular formula is C24H17F4NO4. The molecule has 0 radical (unpaired) electrons. The Hall–Kier alpha value is -3.88. The Kier molecular flexibility index (Phi) is 5.80. The third-order valence-corrected chi connectivity index (χ3v) is 5.24. The molecule has 1 aliphatic rings. The first kappa shape index (κ1) is 22.3. The lowest BCUT2D eigenvalue weighted by molar-refractivity contribution is -0.140. The zero-order valence-corrected chi connectivity index (χ0v) is 17.0. The highest BCUT2D eigenvalue weighted by molar-refractivity contribution is 6.10. The quantitative estimate of drug-likeness (QED) is 0.514. The molecule has 5 nitrogen and oxygen atoms in total. The van der Waals surface area contributed by atoms with Gasteiger partial charge in [-0.25, -0.2) is 4.39 Å². The van der Waals surface area contributed by atoms with Gasteiger partial charge in [0.15, 0.2) is 0 Å². The lowest BCUT2D eigenvalue weighted by atomic mass is 10.1. The number of carboxylic acid groups (broad SMARTS) is 1. The SMILES string of the molecule is O=C(O)Cc1cccc(COc2cccc3c2CN(c2ccc(C(F)(F)F)c(F)c2)C3=O)c1. The van der Waals surface area contributed by atoms with Crippen LogP contribution >= 0.6 is 0 Å². The maximum atomic E-state index is 14.0. The van der Waals surface area contributed by atoms with E-state index in [0.717, 1.165) is 11.6 Å². The number of nitrogens with zero attached hydrogens (tertiary/aromatic N) is 1. The largest absolute Gasteiger partial charge is 0.489 e. The van der Waals surface area contributed by atoms with Gasteiger partial charge in [-0.05, 0) is 41.5 Å². The van der Waals surface area contributed by atoms with Gasteiger partial charge in [-0.15, -0.1) is 0 Å². The van der Waals surface area contributed by atoms with Crippen LogP contribution in [0, 0.1) is 5.82 Å². The summed E-state index contributed by atoms with van der Waals surface area (Å²) >= 11 is 0. The average Bonchev–Trinajstić information content (AvgIpc) is 3.08. The van der Waals surface area contributed by atoms with Gasteiger partial charge in [-0.2, -0.15) is 13.2 Å². The molecule has 9 heteroatoms. The molecule has 0 aromatic heterocycles. The van der Waals surface area contributed by atoms with Gasteiger partial charge in [0, 0.05) is 16.8 Å². The summed E-state index contributed by atoms with van der Waals surface area (Å²) < 4.78 is 58.4. The summed E-state index contributed by atoms with van der Waals surface area (Å²) in [6, 6.07) is 14.1. The molecule has 0 atom stereocenters. The van der Waals surface area contributed by atoms with Crippen LogP contribution in [-0.2, 0) is 30.5 Å². The fraction of sp³-hybridized carbons (Fsp3) is 0.167. The normalized spacial score (nSPS) is 13.2. The second-order valence-corrected chi connectivity index (χ2v) is 7.51. The Balaban J connectivity index is 1.54. The van der Waals surface area contributed by atoms with Crippen molar-refractivity contribution in [1.82, 2.24) is 0 Å². The van der Waals surface area contributed by atoms with Crippen LogP contribution in [0.2, 0.25) is 0 Å². The maximum absolute atomic E-state index is 14.0. The van der Waals surface area contributed by atoms with Crippen LogP contribution in [0.3, 0.4) is 0 Å². The summed E-state index contributed by atoms with van der Waals surface area (Å²) in [7, 11) is 0. The fourth-order valence-electron chi connectivity index (χ4n) is 3.72. The summed E-state index contributed by atoms with van der Waals surface area (Å²) in [5.74, 6) is -2.48. The molecular weight excluding hydrogens is 442 g/mol. The molecule has 33 heavy (non-hydrogen) atoms. The highest BCUT2D eigenvalue weighted by Crippen LogP contribution is 2.37. The Morgan fingerprint density at radius 2 is 1.76 bits per heavy atom. The van der Waals surface area contributed by atoms with Crippen molar-refractivity contribution in [2.24, 2.45) is 0 Å². The van der Waals surface area contributed by atoms with Gasteiger partial charge in [0.05, 0.1) is 18.5 Å². The zero-order valence-electron chi connectivity index (χ0n) is 17.0. The van der Waals surface area contributed by atoms with Crippen LogP contribution in [-0.4, -0.2) is 17.0 Å². The van der Waals surface area contributed by atoms with Crippen LogP contribution in [0.5, 0.6) is 5.75 Å². The number of carbonyl (C=O) groups is 2. The number of halogens is 4. The zero-order chi connectivity index (χ0) is 23.8. The minimum absolute atomic E-state index is 0.00813. The topological polar surface area (TPSA) is 66.8 Å². The van der Waals surface area contributed by atoms with E-state index in [1.165, 1.54) is 4.90 Å². The monoisotopic (exact) mass is 459 g/mol. The van der Waals surface area contributed by atoms with E-state index in [0.29, 0.717) is 34.6 Å². The Labute approximate surface area is 185 Å². The van der Waals surface area contributed by atoms with Gasteiger partial charge in [-0.1, -0.05) is 30.3 Å². The van der Waals surface area contributed by atoms with Crippen molar-refractivity contribution in [1.29, 1.82) is 0 Å². The minimum Gasteiger partial charge on any atom is -0.489 e. The van der Waals surface area contributed by atoms with Crippen molar-refractivity contribution in [3.63, 3.8) is 0 Å².